The van der Waals surface area contributed by atoms with Gasteiger partial charge in [0.25, 0.3) is 11.4 Å². The number of nitrogens with one attached hydrogen (secondary N) is 4. The number of ether oxygens (including phenoxy) is 2. The number of rotatable bonds is 8. The number of benzene rings is 2. The predicted octanol–water partition coefficient (Wildman–Crippen LogP) is 3.14. The molecule has 4 aliphatic heterocycles. The zero-order chi connectivity index (χ0) is 41.7. The Morgan fingerprint density at radius 1 is 0.672 bits per heavy atom. The minimum atomic E-state index is -0.712. The molecular formula is C44H52N8O6+2. The summed E-state index contributed by atoms with van der Waals surface area (Å²) < 4.78 is 9.52. The third-order valence-electron chi connectivity index (χ3n) is 10.7. The van der Waals surface area contributed by atoms with Crippen LogP contribution in [-0.2, 0) is 19.1 Å². The molecule has 0 unspecified atom stereocenters. The lowest BCUT2D eigenvalue weighted by molar-refractivity contribution is -0.135. The second kappa shape index (κ2) is 17.9. The van der Waals surface area contributed by atoms with Crippen molar-refractivity contribution in [1.82, 2.24) is 41.1 Å². The van der Waals surface area contributed by atoms with Crippen LogP contribution in [0.25, 0.3) is 10.8 Å². The minimum Gasteiger partial charge on any atom is -0.453 e. The highest BCUT2D eigenvalue weighted by atomic mass is 16.5. The number of fused-ring (bicyclic) bond motifs is 1. The Hall–Kier alpha value is -6.28. The van der Waals surface area contributed by atoms with Gasteiger partial charge in [0.15, 0.2) is 0 Å². The van der Waals surface area contributed by atoms with Gasteiger partial charge in [0, 0.05) is 24.2 Å². The topological polar surface area (TPSA) is 170 Å². The van der Waals surface area contributed by atoms with Crippen molar-refractivity contribution >= 4 is 46.4 Å². The molecule has 2 aromatic rings. The Labute approximate surface area is 339 Å². The summed E-state index contributed by atoms with van der Waals surface area (Å²) in [6.45, 7) is 12.9. The van der Waals surface area contributed by atoms with Gasteiger partial charge in [-0.15, -0.1) is 0 Å². The van der Waals surface area contributed by atoms with Crippen molar-refractivity contribution in [1.29, 1.82) is 0 Å². The van der Waals surface area contributed by atoms with Crippen molar-refractivity contribution in [3.8, 4) is 23.7 Å². The van der Waals surface area contributed by atoms with Crippen LogP contribution in [0.5, 0.6) is 0 Å². The van der Waals surface area contributed by atoms with Crippen LogP contribution in [-0.4, -0.2) is 96.9 Å². The van der Waals surface area contributed by atoms with Gasteiger partial charge in [-0.2, -0.15) is 0 Å². The maximum atomic E-state index is 13.6. The number of methoxy groups -OCH3 is 2. The number of alkyl carbamates (subject to hydrolysis) is 2. The van der Waals surface area contributed by atoms with Crippen LogP contribution in [0.1, 0.15) is 65.5 Å². The van der Waals surface area contributed by atoms with Crippen LogP contribution in [0.2, 0.25) is 0 Å². The average Bonchev–Trinajstić information content (AvgIpc) is 4.03. The standard InChI is InChI=1S/C44H52N8O6/c1-25(2)37(49-43(55)57-7)41(53)51-23-27(5)17-35(51)39-45-21-33(47-39)15-11-29-9-13-32-20-30(10-14-31(32)19-29)12-16-34-22-46-40(48-34)36-18-28(6)24-52(36)42(54)38(26(3)4)50-44(56)58-8/h9-10,13-14,19-22,25-28,35-38,45-46H,17-18,23-24H2,1-8H3,(H,49,55)(H,50,56)/q+2/t27-,28-,35-,36-,37-,38-/m0/s1. The summed E-state index contributed by atoms with van der Waals surface area (Å²) in [7, 11) is 2.56. The molecule has 14 nitrogen and oxygen atoms in total. The molecule has 14 heteroatoms. The van der Waals surface area contributed by atoms with Crippen molar-refractivity contribution in [3.63, 3.8) is 0 Å². The molecule has 302 valence electrons. The second-order valence-corrected chi connectivity index (χ2v) is 16.0. The molecule has 4 heterocycles. The van der Waals surface area contributed by atoms with E-state index in [4.69, 9.17) is 19.5 Å². The fourth-order valence-electron chi connectivity index (χ4n) is 7.67. The summed E-state index contributed by atoms with van der Waals surface area (Å²) in [5, 5.41) is 13.9. The maximum Gasteiger partial charge on any atom is 0.407 e. The third-order valence-corrected chi connectivity index (χ3v) is 10.7. The normalized spacial score (nSPS) is 22.0. The van der Waals surface area contributed by atoms with Gasteiger partial charge in [0.1, 0.15) is 36.6 Å². The number of likely N-dealkylation sites (tertiary alicyclic amines) is 2. The average molecular weight is 789 g/mol. The number of carbonyl (C=O) groups is 4. The zero-order valence-electron chi connectivity index (χ0n) is 34.3. The van der Waals surface area contributed by atoms with E-state index in [-0.39, 0.29) is 47.6 Å². The number of amides is 4. The van der Waals surface area contributed by atoms with E-state index < -0.39 is 24.3 Å². The highest BCUT2D eigenvalue weighted by Crippen LogP contribution is 2.27. The van der Waals surface area contributed by atoms with E-state index in [1.165, 1.54) is 14.2 Å². The number of amidine groups is 2. The van der Waals surface area contributed by atoms with Gasteiger partial charge in [0.05, 0.1) is 14.2 Å². The molecule has 0 bridgehead atoms. The molecule has 2 fully saturated rings. The highest BCUT2D eigenvalue weighted by Gasteiger charge is 2.46. The van der Waals surface area contributed by atoms with Crippen molar-refractivity contribution in [2.24, 2.45) is 23.7 Å². The van der Waals surface area contributed by atoms with Crippen LogP contribution in [0.15, 0.2) is 60.2 Å². The third kappa shape index (κ3) is 9.46. The van der Waals surface area contributed by atoms with Gasteiger partial charge in [0.2, 0.25) is 11.8 Å². The lowest BCUT2D eigenvalue weighted by Gasteiger charge is -2.29. The maximum absolute atomic E-state index is 13.6. The van der Waals surface area contributed by atoms with Crippen LogP contribution >= 0.6 is 0 Å². The Morgan fingerprint density at radius 3 is 1.43 bits per heavy atom. The van der Waals surface area contributed by atoms with E-state index in [9.17, 15) is 19.2 Å². The van der Waals surface area contributed by atoms with Gasteiger partial charge in [-0.1, -0.05) is 65.5 Å². The number of hydrogen-bond donors (Lipinski definition) is 4. The van der Waals surface area contributed by atoms with Gasteiger partial charge in [-0.05, 0) is 93.4 Å². The smallest absolute Gasteiger partial charge is 0.407 e. The van der Waals surface area contributed by atoms with Crippen molar-refractivity contribution < 1.29 is 28.7 Å². The molecule has 0 aliphatic carbocycles. The summed E-state index contributed by atoms with van der Waals surface area (Å²) in [6.07, 6.45) is 3.72. The molecule has 0 aromatic heterocycles. The Balaban J connectivity index is 1.10. The Kier molecular flexibility index (Phi) is 12.8. The molecule has 58 heavy (non-hydrogen) atoms. The molecule has 0 saturated carbocycles. The van der Waals surface area contributed by atoms with Crippen molar-refractivity contribution in [2.45, 2.75) is 78.6 Å². The van der Waals surface area contributed by atoms with Crippen molar-refractivity contribution in [3.05, 3.63) is 71.3 Å². The quantitative estimate of drug-likeness (QED) is 0.296. The zero-order valence-corrected chi connectivity index (χ0v) is 34.3. The first-order valence-electron chi connectivity index (χ1n) is 19.7. The second-order valence-electron chi connectivity index (χ2n) is 16.0. The molecule has 2 radical (unpaired) electrons. The lowest BCUT2D eigenvalue weighted by atomic mass is 10.0. The molecule has 6 atom stereocenters. The SMILES string of the molecule is COC(=O)N[C@H](C(=O)N1C[C@@H](C)C[C@H]1C1=[N+]C(C#Cc2ccc3cc(C#CC4=CNC([C@@H]5C[C@H](C)CN5C(=O)[C@@H](NC(=O)OC)C(C)C)=[N+]4)ccc3c2)=CN1)C(C)C. The van der Waals surface area contributed by atoms with E-state index in [1.54, 1.807) is 22.2 Å². The van der Waals surface area contributed by atoms with Gasteiger partial charge in [-0.25, -0.2) is 20.2 Å². The molecule has 0 spiro atoms. The van der Waals surface area contributed by atoms with E-state index in [0.717, 1.165) is 34.7 Å². The Bertz CT molecular complexity index is 2060. The summed E-state index contributed by atoms with van der Waals surface area (Å²) in [4.78, 5) is 64.2. The van der Waals surface area contributed by atoms with E-state index in [1.807, 2.05) is 64.1 Å². The number of carbonyl (C=O) groups excluding carboxylic acids is 4. The highest BCUT2D eigenvalue weighted by molar-refractivity contribution is 5.97. The lowest BCUT2D eigenvalue weighted by Crippen LogP contribution is -2.55. The van der Waals surface area contributed by atoms with Crippen molar-refractivity contribution in [2.75, 3.05) is 27.3 Å². The molecular weight excluding hydrogens is 737 g/mol. The summed E-state index contributed by atoms with van der Waals surface area (Å²) in [5.41, 5.74) is 2.79. The number of hydrogen-bond acceptors (Lipinski definition) is 10. The minimum absolute atomic E-state index is 0.124. The van der Waals surface area contributed by atoms with Gasteiger partial charge >= 0.3 is 23.9 Å². The van der Waals surface area contributed by atoms with Crippen LogP contribution in [0.3, 0.4) is 0 Å². The Morgan fingerprint density at radius 2 is 1.07 bits per heavy atom. The van der Waals surface area contributed by atoms with Crippen LogP contribution in [0, 0.1) is 47.4 Å². The van der Waals surface area contributed by atoms with E-state index >= 15 is 0 Å². The van der Waals surface area contributed by atoms with E-state index in [0.29, 0.717) is 36.2 Å². The fourth-order valence-corrected chi connectivity index (χ4v) is 7.67. The first-order chi connectivity index (χ1) is 27.7. The van der Waals surface area contributed by atoms with E-state index in [2.05, 4.69) is 58.8 Å². The summed E-state index contributed by atoms with van der Waals surface area (Å²) in [5.74, 6) is 14.0. The van der Waals surface area contributed by atoms with Crippen LogP contribution in [0.4, 0.5) is 9.59 Å². The fraction of sp³-hybridized carbons (Fsp3) is 0.455. The van der Waals surface area contributed by atoms with Gasteiger partial charge in [-0.3, -0.25) is 9.59 Å². The predicted molar refractivity (Wildman–Crippen MR) is 221 cm³/mol. The van der Waals surface area contributed by atoms with Crippen LogP contribution < -0.4 is 31.3 Å². The molecule has 2 saturated heterocycles. The molecule has 2 aromatic carbocycles. The number of aliphatic imine (C=N–C) groups is 2. The summed E-state index contributed by atoms with van der Waals surface area (Å²) >= 11 is 0. The largest absolute Gasteiger partial charge is 0.453 e. The van der Waals surface area contributed by atoms with Gasteiger partial charge < -0.3 is 29.9 Å². The molecule has 4 amide bonds. The first kappa shape index (κ1) is 41.4. The molecule has 6 rings (SSSR count). The number of allylic oxidation sites excluding steroid dienone is 2. The number of nitrogens with zero attached hydrogens (tertiary/aromatic N) is 4. The summed E-state index contributed by atoms with van der Waals surface area (Å²) in [6, 6.07) is 10.0. The monoisotopic (exact) mass is 788 g/mol. The molecule has 4 N–H and O–H groups in total. The first-order valence-corrected chi connectivity index (χ1v) is 19.7. The molecule has 4 aliphatic rings.